The molecule has 0 fully saturated rings. The molecule has 1 aromatic carbocycles. The highest BCUT2D eigenvalue weighted by Crippen LogP contribution is 2.19. The van der Waals surface area contributed by atoms with Crippen molar-refractivity contribution in [2.75, 3.05) is 32.1 Å². The van der Waals surface area contributed by atoms with E-state index < -0.39 is 5.82 Å². The van der Waals surface area contributed by atoms with Crippen LogP contribution in [0.4, 0.5) is 10.1 Å². The lowest BCUT2D eigenvalue weighted by atomic mass is 10.3. The summed E-state index contributed by atoms with van der Waals surface area (Å²) in [6.45, 7) is 1.31. The number of rotatable bonds is 6. The average Bonchev–Trinajstić information content (AvgIpc) is 2.30. The van der Waals surface area contributed by atoms with E-state index in [1.807, 2.05) is 0 Å². The first kappa shape index (κ1) is 17.3. The molecule has 0 aliphatic rings. The Morgan fingerprint density at radius 3 is 2.83 bits per heavy atom. The molecule has 2 N–H and O–H groups in total. The van der Waals surface area contributed by atoms with Crippen LogP contribution in [-0.2, 0) is 9.53 Å². The molecule has 0 aliphatic heterocycles. The Morgan fingerprint density at radius 1 is 1.50 bits per heavy atom. The second kappa shape index (κ2) is 9.27. The van der Waals surface area contributed by atoms with Crippen LogP contribution in [0.3, 0.4) is 0 Å². The van der Waals surface area contributed by atoms with E-state index in [4.69, 9.17) is 4.74 Å². The number of hydrogen-bond donors (Lipinski definition) is 2. The van der Waals surface area contributed by atoms with Gasteiger partial charge in [0.15, 0.2) is 0 Å². The predicted molar refractivity (Wildman–Crippen MR) is 74.7 cm³/mol. The predicted octanol–water partition coefficient (Wildman–Crippen LogP) is 2.18. The van der Waals surface area contributed by atoms with Crippen molar-refractivity contribution in [3.8, 4) is 0 Å². The SMILES string of the molecule is COCCNCC(=O)Nc1ccc(Br)c(F)c1.Cl. The first-order valence-electron chi connectivity index (χ1n) is 5.08. The maximum Gasteiger partial charge on any atom is 0.238 e. The van der Waals surface area contributed by atoms with Crippen molar-refractivity contribution in [2.24, 2.45) is 0 Å². The second-order valence-corrected chi connectivity index (χ2v) is 4.20. The van der Waals surface area contributed by atoms with Gasteiger partial charge in [-0.2, -0.15) is 0 Å². The minimum Gasteiger partial charge on any atom is -0.383 e. The topological polar surface area (TPSA) is 50.4 Å². The minimum absolute atomic E-state index is 0. The van der Waals surface area contributed by atoms with Gasteiger partial charge in [-0.25, -0.2) is 4.39 Å². The third-order valence-electron chi connectivity index (χ3n) is 1.97. The Morgan fingerprint density at radius 2 is 2.22 bits per heavy atom. The summed E-state index contributed by atoms with van der Waals surface area (Å²) in [7, 11) is 1.59. The molecule has 0 aromatic heterocycles. The van der Waals surface area contributed by atoms with Crippen molar-refractivity contribution in [1.82, 2.24) is 5.32 Å². The zero-order valence-electron chi connectivity index (χ0n) is 9.83. The first-order chi connectivity index (χ1) is 8.13. The molecule has 0 spiro atoms. The summed E-state index contributed by atoms with van der Waals surface area (Å²) in [5.41, 5.74) is 0.434. The van der Waals surface area contributed by atoms with Crippen LogP contribution in [0.5, 0.6) is 0 Å². The molecular formula is C11H15BrClFN2O2. The van der Waals surface area contributed by atoms with E-state index in [9.17, 15) is 9.18 Å². The summed E-state index contributed by atoms with van der Waals surface area (Å²) < 4.78 is 18.3. The first-order valence-corrected chi connectivity index (χ1v) is 5.87. The third kappa shape index (κ3) is 6.30. The van der Waals surface area contributed by atoms with Crippen molar-refractivity contribution >= 4 is 39.9 Å². The standard InChI is InChI=1S/C11H14BrFN2O2.ClH/c1-17-5-4-14-7-11(16)15-8-2-3-9(12)10(13)6-8;/h2-3,6,14H,4-5,7H2,1H3,(H,15,16);1H. The molecule has 7 heteroatoms. The summed E-state index contributed by atoms with van der Waals surface area (Å²) in [4.78, 5) is 11.4. The summed E-state index contributed by atoms with van der Waals surface area (Å²) in [6.07, 6.45) is 0. The Labute approximate surface area is 120 Å². The summed E-state index contributed by atoms with van der Waals surface area (Å²) >= 11 is 3.04. The van der Waals surface area contributed by atoms with E-state index in [-0.39, 0.29) is 24.9 Å². The smallest absolute Gasteiger partial charge is 0.238 e. The normalized spacial score (nSPS) is 9.72. The van der Waals surface area contributed by atoms with E-state index in [0.29, 0.717) is 23.3 Å². The highest BCUT2D eigenvalue weighted by molar-refractivity contribution is 9.10. The number of nitrogens with one attached hydrogen (secondary N) is 2. The Kier molecular flexibility index (Phi) is 8.91. The van der Waals surface area contributed by atoms with Crippen LogP contribution in [0.25, 0.3) is 0 Å². The Hall–Kier alpha value is -0.690. The molecular weight excluding hydrogens is 326 g/mol. The quantitative estimate of drug-likeness (QED) is 0.780. The molecule has 1 amide bonds. The van der Waals surface area contributed by atoms with Crippen LogP contribution in [0.15, 0.2) is 22.7 Å². The van der Waals surface area contributed by atoms with Gasteiger partial charge in [0, 0.05) is 19.3 Å². The Bertz CT molecular complexity index is 393. The van der Waals surface area contributed by atoms with E-state index >= 15 is 0 Å². The molecule has 1 rings (SSSR count). The highest BCUT2D eigenvalue weighted by Gasteiger charge is 2.04. The van der Waals surface area contributed by atoms with Crippen molar-refractivity contribution in [3.63, 3.8) is 0 Å². The number of benzene rings is 1. The van der Waals surface area contributed by atoms with Gasteiger partial charge in [0.2, 0.25) is 5.91 Å². The lowest BCUT2D eigenvalue weighted by Crippen LogP contribution is -2.30. The van der Waals surface area contributed by atoms with Gasteiger partial charge in [0.05, 0.1) is 17.6 Å². The molecule has 0 heterocycles. The number of hydrogen-bond acceptors (Lipinski definition) is 3. The van der Waals surface area contributed by atoms with Gasteiger partial charge in [-0.15, -0.1) is 12.4 Å². The molecule has 4 nitrogen and oxygen atoms in total. The number of halogens is 3. The molecule has 0 atom stereocenters. The summed E-state index contributed by atoms with van der Waals surface area (Å²) in [5, 5.41) is 5.48. The average molecular weight is 342 g/mol. The lowest BCUT2D eigenvalue weighted by Gasteiger charge is -2.07. The fourth-order valence-corrected chi connectivity index (χ4v) is 1.40. The van der Waals surface area contributed by atoms with E-state index in [1.165, 1.54) is 6.07 Å². The maximum atomic E-state index is 13.2. The molecule has 0 aliphatic carbocycles. The number of carbonyl (C=O) groups is 1. The van der Waals surface area contributed by atoms with Gasteiger partial charge >= 0.3 is 0 Å². The lowest BCUT2D eigenvalue weighted by molar-refractivity contribution is -0.115. The van der Waals surface area contributed by atoms with Crippen molar-refractivity contribution in [2.45, 2.75) is 0 Å². The van der Waals surface area contributed by atoms with Crippen LogP contribution in [0.2, 0.25) is 0 Å². The van der Waals surface area contributed by atoms with Crippen molar-refractivity contribution in [1.29, 1.82) is 0 Å². The van der Waals surface area contributed by atoms with Crippen LogP contribution >= 0.6 is 28.3 Å². The van der Waals surface area contributed by atoms with Gasteiger partial charge in [-0.3, -0.25) is 4.79 Å². The van der Waals surface area contributed by atoms with Crippen LogP contribution in [0, 0.1) is 5.82 Å². The fourth-order valence-electron chi connectivity index (χ4n) is 1.16. The van der Waals surface area contributed by atoms with E-state index in [2.05, 4.69) is 26.6 Å². The molecule has 1 aromatic rings. The van der Waals surface area contributed by atoms with E-state index in [0.717, 1.165) is 0 Å². The largest absolute Gasteiger partial charge is 0.383 e. The van der Waals surface area contributed by atoms with Crippen LogP contribution < -0.4 is 10.6 Å². The number of ether oxygens (including phenoxy) is 1. The number of anilines is 1. The zero-order valence-corrected chi connectivity index (χ0v) is 12.2. The second-order valence-electron chi connectivity index (χ2n) is 3.35. The third-order valence-corrected chi connectivity index (χ3v) is 2.61. The van der Waals surface area contributed by atoms with E-state index in [1.54, 1.807) is 19.2 Å². The molecule has 0 saturated carbocycles. The molecule has 0 bridgehead atoms. The fraction of sp³-hybridized carbons (Fsp3) is 0.364. The molecule has 0 saturated heterocycles. The Balaban J connectivity index is 0.00000289. The minimum atomic E-state index is -0.407. The van der Waals surface area contributed by atoms with Crippen molar-refractivity contribution < 1.29 is 13.9 Å². The van der Waals surface area contributed by atoms with Gasteiger partial charge < -0.3 is 15.4 Å². The number of methoxy groups -OCH3 is 1. The summed E-state index contributed by atoms with van der Waals surface area (Å²) in [6, 6.07) is 4.43. The van der Waals surface area contributed by atoms with Gasteiger partial charge in [-0.1, -0.05) is 0 Å². The number of carbonyl (C=O) groups excluding carboxylic acids is 1. The monoisotopic (exact) mass is 340 g/mol. The number of amides is 1. The van der Waals surface area contributed by atoms with Gasteiger partial charge in [0.25, 0.3) is 0 Å². The maximum absolute atomic E-state index is 13.2. The van der Waals surface area contributed by atoms with Crippen LogP contribution in [0.1, 0.15) is 0 Å². The molecule has 0 radical (unpaired) electrons. The van der Waals surface area contributed by atoms with Gasteiger partial charge in [0.1, 0.15) is 5.82 Å². The highest BCUT2D eigenvalue weighted by atomic mass is 79.9. The molecule has 0 unspecified atom stereocenters. The van der Waals surface area contributed by atoms with Crippen molar-refractivity contribution in [3.05, 3.63) is 28.5 Å². The molecule has 18 heavy (non-hydrogen) atoms. The molecule has 102 valence electrons. The zero-order chi connectivity index (χ0) is 12.7. The summed E-state index contributed by atoms with van der Waals surface area (Å²) in [5.74, 6) is -0.627. The van der Waals surface area contributed by atoms with Gasteiger partial charge in [-0.05, 0) is 34.1 Å². The van der Waals surface area contributed by atoms with Crippen LogP contribution in [-0.4, -0.2) is 32.7 Å².